The van der Waals surface area contributed by atoms with Gasteiger partial charge >= 0.3 is 6.03 Å². The minimum atomic E-state index is -1.00. The van der Waals surface area contributed by atoms with Gasteiger partial charge in [0.05, 0.1) is 12.7 Å². The molecule has 2 heterocycles. The van der Waals surface area contributed by atoms with Crippen LogP contribution in [0.1, 0.15) is 23.4 Å². The molecule has 1 aromatic heterocycles. The summed E-state index contributed by atoms with van der Waals surface area (Å²) >= 11 is 0. The molecule has 0 saturated carbocycles. The average Bonchev–Trinajstić information content (AvgIpc) is 3.43. The normalized spacial score (nSPS) is 20.2. The Hall–Kier alpha value is -3.68. The number of methoxy groups -OCH3 is 1. The molecule has 1 aliphatic carbocycles. The van der Waals surface area contributed by atoms with E-state index in [4.69, 9.17) is 9.26 Å². The van der Waals surface area contributed by atoms with E-state index < -0.39 is 11.6 Å². The second-order valence-electron chi connectivity index (χ2n) is 7.10. The molecule has 1 fully saturated rings. The number of imide groups is 1. The third-order valence-corrected chi connectivity index (χ3v) is 5.53. The highest BCUT2D eigenvalue weighted by Gasteiger charge is 2.55. The van der Waals surface area contributed by atoms with Gasteiger partial charge in [0.15, 0.2) is 0 Å². The molecule has 0 bridgehead atoms. The van der Waals surface area contributed by atoms with Crippen LogP contribution in [0.2, 0.25) is 0 Å². The van der Waals surface area contributed by atoms with E-state index in [0.29, 0.717) is 23.6 Å². The van der Waals surface area contributed by atoms with Crippen molar-refractivity contribution in [3.05, 3.63) is 65.5 Å². The smallest absolute Gasteiger partial charge is 0.325 e. The van der Waals surface area contributed by atoms with E-state index in [1.807, 2.05) is 42.5 Å². The number of ether oxygens (including phenoxy) is 1. The quantitative estimate of drug-likeness (QED) is 0.688. The van der Waals surface area contributed by atoms with Crippen LogP contribution < -0.4 is 10.1 Å². The van der Waals surface area contributed by atoms with Crippen LogP contribution >= 0.6 is 0 Å². The van der Waals surface area contributed by atoms with Crippen LogP contribution in [0, 0.1) is 0 Å². The van der Waals surface area contributed by atoms with Crippen molar-refractivity contribution in [3.63, 3.8) is 0 Å². The number of urea groups is 1. The Labute approximate surface area is 166 Å². The molecule has 8 heteroatoms. The maximum Gasteiger partial charge on any atom is 0.325 e. The fourth-order valence-corrected chi connectivity index (χ4v) is 4.13. The minimum absolute atomic E-state index is 0.0866. The van der Waals surface area contributed by atoms with Gasteiger partial charge in [-0.25, -0.2) is 4.79 Å². The largest absolute Gasteiger partial charge is 0.496 e. The Bertz CT molecular complexity index is 1130. The van der Waals surface area contributed by atoms with Crippen molar-refractivity contribution < 1.29 is 18.8 Å². The van der Waals surface area contributed by atoms with Crippen LogP contribution in [0.4, 0.5) is 4.79 Å². The monoisotopic (exact) mass is 390 g/mol. The number of rotatable bonds is 4. The zero-order valence-electron chi connectivity index (χ0n) is 15.7. The Morgan fingerprint density at radius 3 is 2.83 bits per heavy atom. The van der Waals surface area contributed by atoms with Crippen LogP contribution in [0.3, 0.4) is 0 Å². The molecule has 146 valence electrons. The Morgan fingerprint density at radius 2 is 1.97 bits per heavy atom. The summed E-state index contributed by atoms with van der Waals surface area (Å²) in [6, 6.07) is 14.5. The fraction of sp³-hybridized carbons (Fsp3) is 0.238. The second-order valence-corrected chi connectivity index (χ2v) is 7.10. The van der Waals surface area contributed by atoms with E-state index in [2.05, 4.69) is 15.5 Å². The van der Waals surface area contributed by atoms with Gasteiger partial charge in [0.25, 0.3) is 5.91 Å². The van der Waals surface area contributed by atoms with Gasteiger partial charge in [0, 0.05) is 0 Å². The minimum Gasteiger partial charge on any atom is -0.496 e. The summed E-state index contributed by atoms with van der Waals surface area (Å²) in [5.41, 5.74) is 1.61. The number of amides is 3. The number of hydrogen-bond donors (Lipinski definition) is 1. The molecule has 2 aliphatic rings. The molecular weight excluding hydrogens is 372 g/mol. The van der Waals surface area contributed by atoms with E-state index >= 15 is 0 Å². The first-order valence-corrected chi connectivity index (χ1v) is 9.31. The molecule has 1 spiro atoms. The molecular formula is C21H18N4O4. The Kier molecular flexibility index (Phi) is 3.87. The van der Waals surface area contributed by atoms with E-state index in [1.54, 1.807) is 13.2 Å². The summed E-state index contributed by atoms with van der Waals surface area (Å²) in [6.07, 6.45) is 1.29. The number of para-hydroxylation sites is 1. The summed E-state index contributed by atoms with van der Waals surface area (Å²) in [6.45, 7) is -0.0866. The average molecular weight is 390 g/mol. The maximum absolute atomic E-state index is 13.2. The Balaban J connectivity index is 1.42. The van der Waals surface area contributed by atoms with E-state index in [9.17, 15) is 9.59 Å². The number of benzene rings is 2. The van der Waals surface area contributed by atoms with Crippen molar-refractivity contribution in [1.82, 2.24) is 20.4 Å². The number of nitrogens with zero attached hydrogens (tertiary/aromatic N) is 3. The lowest BCUT2D eigenvalue weighted by atomic mass is 9.92. The molecule has 1 atom stereocenters. The highest BCUT2D eigenvalue weighted by molar-refractivity contribution is 6.08. The summed E-state index contributed by atoms with van der Waals surface area (Å²) in [4.78, 5) is 31.3. The first kappa shape index (κ1) is 17.4. The van der Waals surface area contributed by atoms with Crippen molar-refractivity contribution in [2.24, 2.45) is 0 Å². The zero-order valence-corrected chi connectivity index (χ0v) is 15.7. The lowest BCUT2D eigenvalue weighted by molar-refractivity contribution is -0.132. The third kappa shape index (κ3) is 2.60. The summed E-state index contributed by atoms with van der Waals surface area (Å²) in [5, 5.41) is 6.87. The molecule has 0 radical (unpaired) electrons. The first-order valence-electron chi connectivity index (χ1n) is 9.31. The fourth-order valence-electron chi connectivity index (χ4n) is 4.13. The van der Waals surface area contributed by atoms with Crippen molar-refractivity contribution >= 4 is 11.9 Å². The Morgan fingerprint density at radius 1 is 1.17 bits per heavy atom. The van der Waals surface area contributed by atoms with Crippen LogP contribution in [-0.4, -0.2) is 34.1 Å². The van der Waals surface area contributed by atoms with Gasteiger partial charge in [-0.3, -0.25) is 9.69 Å². The summed E-state index contributed by atoms with van der Waals surface area (Å²) < 4.78 is 10.6. The molecule has 1 N–H and O–H groups in total. The lowest BCUT2D eigenvalue weighted by Crippen LogP contribution is -2.41. The van der Waals surface area contributed by atoms with E-state index in [0.717, 1.165) is 22.4 Å². The first-order chi connectivity index (χ1) is 14.1. The van der Waals surface area contributed by atoms with E-state index in [-0.39, 0.29) is 18.3 Å². The molecule has 2 aromatic carbocycles. The number of aromatic nitrogens is 2. The van der Waals surface area contributed by atoms with Crippen molar-refractivity contribution in [3.8, 4) is 17.1 Å². The predicted molar refractivity (Wildman–Crippen MR) is 102 cm³/mol. The van der Waals surface area contributed by atoms with Crippen LogP contribution in [0.25, 0.3) is 11.4 Å². The number of aryl methyl sites for hydroxylation is 1. The van der Waals surface area contributed by atoms with Gasteiger partial charge in [-0.05, 0) is 36.1 Å². The lowest BCUT2D eigenvalue weighted by Gasteiger charge is -2.21. The third-order valence-electron chi connectivity index (χ3n) is 5.53. The van der Waals surface area contributed by atoms with Crippen LogP contribution in [0.5, 0.6) is 5.75 Å². The van der Waals surface area contributed by atoms with Gasteiger partial charge < -0.3 is 14.6 Å². The van der Waals surface area contributed by atoms with Gasteiger partial charge in [-0.2, -0.15) is 4.98 Å². The zero-order chi connectivity index (χ0) is 20.0. The molecule has 1 saturated heterocycles. The summed E-state index contributed by atoms with van der Waals surface area (Å²) in [7, 11) is 1.56. The van der Waals surface area contributed by atoms with E-state index in [1.165, 1.54) is 0 Å². The van der Waals surface area contributed by atoms with Crippen molar-refractivity contribution in [2.45, 2.75) is 24.9 Å². The van der Waals surface area contributed by atoms with Gasteiger partial charge in [0.2, 0.25) is 11.7 Å². The van der Waals surface area contributed by atoms with Crippen molar-refractivity contribution in [2.75, 3.05) is 7.11 Å². The maximum atomic E-state index is 13.2. The topological polar surface area (TPSA) is 97.6 Å². The summed E-state index contributed by atoms with van der Waals surface area (Å²) in [5.74, 6) is 0.837. The number of carbonyl (C=O) groups is 2. The SMILES string of the molecule is COc1ccccc1-c1noc(CN2C(=O)N[C@]3(CCc4ccccc43)C2=O)n1. The van der Waals surface area contributed by atoms with Crippen LogP contribution in [0.15, 0.2) is 53.1 Å². The van der Waals surface area contributed by atoms with Crippen molar-refractivity contribution in [1.29, 1.82) is 0 Å². The van der Waals surface area contributed by atoms with Crippen LogP contribution in [-0.2, 0) is 23.3 Å². The number of hydrogen-bond acceptors (Lipinski definition) is 6. The highest BCUT2D eigenvalue weighted by Crippen LogP contribution is 2.41. The number of nitrogens with one attached hydrogen (secondary N) is 1. The second kappa shape index (κ2) is 6.44. The predicted octanol–water partition coefficient (Wildman–Crippen LogP) is 2.64. The molecule has 8 nitrogen and oxygen atoms in total. The highest BCUT2D eigenvalue weighted by atomic mass is 16.5. The van der Waals surface area contributed by atoms with Gasteiger partial charge in [0.1, 0.15) is 17.8 Å². The molecule has 1 aliphatic heterocycles. The number of carbonyl (C=O) groups excluding carboxylic acids is 2. The molecule has 3 amide bonds. The standard InChI is InChI=1S/C21H18N4O4/c1-28-16-9-5-3-7-14(16)18-22-17(29-24-18)12-25-19(26)21(23-20(25)27)11-10-13-6-2-4-8-15(13)21/h2-9H,10-12H2,1H3,(H,23,27)/t21-/m0/s1. The molecule has 29 heavy (non-hydrogen) atoms. The van der Waals surface area contributed by atoms with Gasteiger partial charge in [-0.15, -0.1) is 0 Å². The number of fused-ring (bicyclic) bond motifs is 2. The molecule has 5 rings (SSSR count). The molecule has 3 aromatic rings. The van der Waals surface area contributed by atoms with Gasteiger partial charge in [-0.1, -0.05) is 41.6 Å². The molecule has 0 unspecified atom stereocenters.